The van der Waals surface area contributed by atoms with E-state index in [4.69, 9.17) is 19.5 Å². The van der Waals surface area contributed by atoms with Gasteiger partial charge in [0.1, 0.15) is 17.2 Å². The van der Waals surface area contributed by atoms with Gasteiger partial charge in [-0.3, -0.25) is 0 Å². The molecule has 3 N–H and O–H groups in total. The molecule has 0 heterocycles. The third kappa shape index (κ3) is 8.35. The first-order chi connectivity index (χ1) is 11.8. The maximum atomic E-state index is 12.5. The molecule has 1 aromatic rings. The number of carbonyl (C=O) groups excluding carboxylic acids is 2. The fourth-order valence-electron chi connectivity index (χ4n) is 2.08. The van der Waals surface area contributed by atoms with E-state index in [-0.39, 0.29) is 6.42 Å². The topological polar surface area (TPSA) is 105 Å². The number of benzene rings is 1. The van der Waals surface area contributed by atoms with E-state index in [1.807, 2.05) is 0 Å². The van der Waals surface area contributed by atoms with Gasteiger partial charge in [-0.25, -0.2) is 9.59 Å². The lowest BCUT2D eigenvalue weighted by Gasteiger charge is -2.26. The molecule has 26 heavy (non-hydrogen) atoms. The van der Waals surface area contributed by atoms with E-state index < -0.39 is 36.4 Å². The zero-order chi connectivity index (χ0) is 20.1. The summed E-state index contributed by atoms with van der Waals surface area (Å²) in [4.78, 5) is 24.5. The van der Waals surface area contributed by atoms with Crippen LogP contribution in [0.3, 0.4) is 0 Å². The first kappa shape index (κ1) is 22.0. The molecule has 1 atom stereocenters. The third-order valence-electron chi connectivity index (χ3n) is 3.10. The smallest absolute Gasteiger partial charge is 0.458 e. The minimum atomic E-state index is -1.56. The van der Waals surface area contributed by atoms with Crippen LogP contribution in [-0.2, 0) is 20.7 Å². The Morgan fingerprint density at radius 3 is 1.92 bits per heavy atom. The van der Waals surface area contributed by atoms with Crippen molar-refractivity contribution < 1.29 is 29.1 Å². The molecule has 0 spiro atoms. The number of esters is 1. The second-order valence-electron chi connectivity index (χ2n) is 8.05. The van der Waals surface area contributed by atoms with Crippen LogP contribution in [-0.4, -0.2) is 46.5 Å². The monoisotopic (exact) mass is 365 g/mol. The predicted molar refractivity (Wildman–Crippen MR) is 99.0 cm³/mol. The molecule has 144 valence electrons. The highest BCUT2D eigenvalue weighted by molar-refractivity contribution is 6.58. The molecule has 8 heteroatoms. The summed E-state index contributed by atoms with van der Waals surface area (Å²) in [5, 5.41) is 20.8. The van der Waals surface area contributed by atoms with Crippen molar-refractivity contribution in [2.45, 2.75) is 65.2 Å². The Labute approximate surface area is 154 Å². The zero-order valence-corrected chi connectivity index (χ0v) is 16.2. The Kier molecular flexibility index (Phi) is 7.23. The average Bonchev–Trinajstić information content (AvgIpc) is 2.43. The molecule has 1 aromatic carbocycles. The summed E-state index contributed by atoms with van der Waals surface area (Å²) in [7, 11) is -1.56. The number of alkyl carbamates (subject to hydrolysis) is 1. The molecule has 7 nitrogen and oxygen atoms in total. The number of amides is 1. The van der Waals surface area contributed by atoms with Gasteiger partial charge in [0.05, 0.1) is 0 Å². The molecule has 0 unspecified atom stereocenters. The van der Waals surface area contributed by atoms with Crippen molar-refractivity contribution in [1.29, 1.82) is 0 Å². The van der Waals surface area contributed by atoms with Crippen LogP contribution in [0.5, 0.6) is 0 Å². The maximum absolute atomic E-state index is 12.5. The number of carbonyl (C=O) groups is 2. The van der Waals surface area contributed by atoms with Crippen LogP contribution < -0.4 is 10.8 Å². The van der Waals surface area contributed by atoms with Gasteiger partial charge < -0.3 is 24.8 Å². The highest BCUT2D eigenvalue weighted by Gasteiger charge is 2.29. The summed E-state index contributed by atoms with van der Waals surface area (Å²) in [6.45, 7) is 10.4. The standard InChI is InChI=1S/C18H28BNO6/c1-17(2,3)25-15(21)14(20-16(22)26-18(4,5)6)11-12-7-9-13(10-8-12)19(23)24/h7-10,14,23-24H,11H2,1-6H3,(H,20,22)/t14-/m0/s1. The van der Waals surface area contributed by atoms with Gasteiger partial charge in [0, 0.05) is 6.42 Å². The molecule has 0 saturated heterocycles. The van der Waals surface area contributed by atoms with Crippen LogP contribution in [0.4, 0.5) is 4.79 Å². The van der Waals surface area contributed by atoms with Gasteiger partial charge in [-0.2, -0.15) is 0 Å². The molecule has 0 radical (unpaired) electrons. The van der Waals surface area contributed by atoms with Gasteiger partial charge >= 0.3 is 19.2 Å². The van der Waals surface area contributed by atoms with Gasteiger partial charge in [0.2, 0.25) is 0 Å². The van der Waals surface area contributed by atoms with Crippen LogP contribution in [0.15, 0.2) is 24.3 Å². The molecule has 0 aliphatic heterocycles. The molecule has 1 rings (SSSR count). The van der Waals surface area contributed by atoms with E-state index in [0.29, 0.717) is 5.46 Å². The summed E-state index contributed by atoms with van der Waals surface area (Å²) in [6.07, 6.45) is -0.536. The van der Waals surface area contributed by atoms with Crippen LogP contribution in [0, 0.1) is 0 Å². The van der Waals surface area contributed by atoms with Gasteiger partial charge in [0.25, 0.3) is 0 Å². The lowest BCUT2D eigenvalue weighted by atomic mass is 9.80. The molecule has 0 aromatic heterocycles. The van der Waals surface area contributed by atoms with Crippen molar-refractivity contribution >= 4 is 24.6 Å². The lowest BCUT2D eigenvalue weighted by Crippen LogP contribution is -2.47. The van der Waals surface area contributed by atoms with Crippen molar-refractivity contribution in [3.63, 3.8) is 0 Å². The Morgan fingerprint density at radius 1 is 1.00 bits per heavy atom. The summed E-state index contributed by atoms with van der Waals surface area (Å²) in [5.74, 6) is -0.574. The number of ether oxygens (including phenoxy) is 2. The van der Waals surface area contributed by atoms with E-state index in [1.165, 1.54) is 0 Å². The number of nitrogens with one attached hydrogen (secondary N) is 1. The molecule has 0 fully saturated rings. The van der Waals surface area contributed by atoms with Crippen molar-refractivity contribution in [3.8, 4) is 0 Å². The van der Waals surface area contributed by atoms with Crippen LogP contribution >= 0.6 is 0 Å². The van der Waals surface area contributed by atoms with Crippen molar-refractivity contribution in [2.75, 3.05) is 0 Å². The van der Waals surface area contributed by atoms with Gasteiger partial charge in [-0.1, -0.05) is 24.3 Å². The molecule has 1 amide bonds. The molecule has 0 bridgehead atoms. The minimum Gasteiger partial charge on any atom is -0.458 e. The Hall–Kier alpha value is -2.06. The van der Waals surface area contributed by atoms with Gasteiger partial charge in [0.15, 0.2) is 0 Å². The quantitative estimate of drug-likeness (QED) is 0.534. The number of hydrogen-bond donors (Lipinski definition) is 3. The van der Waals surface area contributed by atoms with Gasteiger partial charge in [-0.15, -0.1) is 0 Å². The first-order valence-corrected chi connectivity index (χ1v) is 8.44. The largest absolute Gasteiger partial charge is 0.488 e. The number of hydrogen-bond acceptors (Lipinski definition) is 6. The fraction of sp³-hybridized carbons (Fsp3) is 0.556. The molecule has 0 aliphatic rings. The van der Waals surface area contributed by atoms with Crippen molar-refractivity contribution in [2.24, 2.45) is 0 Å². The minimum absolute atomic E-state index is 0.177. The third-order valence-corrected chi connectivity index (χ3v) is 3.10. The summed E-state index contributed by atoms with van der Waals surface area (Å²) in [6, 6.07) is 5.46. The van der Waals surface area contributed by atoms with E-state index in [2.05, 4.69) is 5.32 Å². The van der Waals surface area contributed by atoms with Gasteiger partial charge in [-0.05, 0) is 52.6 Å². The second kappa shape index (κ2) is 8.55. The summed E-state index contributed by atoms with van der Waals surface area (Å²) in [5.41, 5.74) is -0.332. The second-order valence-corrected chi connectivity index (χ2v) is 8.05. The van der Waals surface area contributed by atoms with E-state index in [9.17, 15) is 9.59 Å². The fourth-order valence-corrected chi connectivity index (χ4v) is 2.08. The normalized spacial score (nSPS) is 12.9. The van der Waals surface area contributed by atoms with Crippen LogP contribution in [0.25, 0.3) is 0 Å². The number of rotatable bonds is 5. The van der Waals surface area contributed by atoms with E-state index in [0.717, 1.165) is 5.56 Å². The van der Waals surface area contributed by atoms with Crippen LogP contribution in [0.1, 0.15) is 47.1 Å². The van der Waals surface area contributed by atoms with Crippen molar-refractivity contribution in [3.05, 3.63) is 29.8 Å². The average molecular weight is 365 g/mol. The SMILES string of the molecule is CC(C)(C)OC(=O)N[C@@H](Cc1ccc(B(O)O)cc1)C(=O)OC(C)(C)C. The summed E-state index contributed by atoms with van der Waals surface area (Å²) < 4.78 is 10.6. The maximum Gasteiger partial charge on any atom is 0.488 e. The molecule has 0 aliphatic carbocycles. The predicted octanol–water partition coefficient (Wildman–Crippen LogP) is 1.14. The molecule has 0 saturated carbocycles. The highest BCUT2D eigenvalue weighted by Crippen LogP contribution is 2.13. The highest BCUT2D eigenvalue weighted by atomic mass is 16.6. The Balaban J connectivity index is 2.92. The van der Waals surface area contributed by atoms with Crippen LogP contribution in [0.2, 0.25) is 0 Å². The molecular formula is C18H28BNO6. The Bertz CT molecular complexity index is 616. The van der Waals surface area contributed by atoms with Crippen molar-refractivity contribution in [1.82, 2.24) is 5.32 Å². The molecular weight excluding hydrogens is 337 g/mol. The zero-order valence-electron chi connectivity index (χ0n) is 16.2. The lowest BCUT2D eigenvalue weighted by molar-refractivity contribution is -0.157. The summed E-state index contributed by atoms with van der Waals surface area (Å²) >= 11 is 0. The van der Waals surface area contributed by atoms with E-state index in [1.54, 1.807) is 65.8 Å². The Morgan fingerprint density at radius 2 is 1.50 bits per heavy atom. The van der Waals surface area contributed by atoms with E-state index >= 15 is 0 Å². The first-order valence-electron chi connectivity index (χ1n) is 8.44.